The number of aliphatic carboxylic acids is 1. The van der Waals surface area contributed by atoms with Crippen LogP contribution < -0.4 is 5.32 Å². The second-order valence-electron chi connectivity index (χ2n) is 4.84. The van der Waals surface area contributed by atoms with E-state index in [4.69, 9.17) is 0 Å². The van der Waals surface area contributed by atoms with Crippen molar-refractivity contribution >= 4 is 11.9 Å². The van der Waals surface area contributed by atoms with Gasteiger partial charge in [0.25, 0.3) is 5.91 Å². The number of fused-ring (bicyclic) bond motifs is 1. The molecule has 3 rings (SSSR count). The average molecular weight is 286 g/mol. The lowest BCUT2D eigenvalue weighted by Gasteiger charge is -2.11. The topological polar surface area (TPSA) is 97.1 Å². The van der Waals surface area contributed by atoms with Crippen LogP contribution in [0.3, 0.4) is 0 Å². The Morgan fingerprint density at radius 1 is 1.29 bits per heavy atom. The summed E-state index contributed by atoms with van der Waals surface area (Å²) in [4.78, 5) is 23.2. The Morgan fingerprint density at radius 2 is 2.05 bits per heavy atom. The molecule has 1 aromatic heterocycles. The molecule has 2 N–H and O–H groups in total. The third-order valence-electron chi connectivity index (χ3n) is 3.52. The molecule has 1 aliphatic rings. The SMILES string of the molecule is O=C(NCc1nnc2n1C(C(=O)O)CC2)c1ccccc1. The largest absolute Gasteiger partial charge is 0.480 e. The Hall–Kier alpha value is -2.70. The highest BCUT2D eigenvalue weighted by Gasteiger charge is 2.31. The Bertz CT molecular complexity index is 681. The minimum atomic E-state index is -0.899. The molecule has 1 aliphatic heterocycles. The summed E-state index contributed by atoms with van der Waals surface area (Å²) >= 11 is 0. The summed E-state index contributed by atoms with van der Waals surface area (Å²) in [5, 5.41) is 19.9. The zero-order chi connectivity index (χ0) is 14.8. The summed E-state index contributed by atoms with van der Waals surface area (Å²) in [6, 6.07) is 8.18. The molecule has 0 aliphatic carbocycles. The van der Waals surface area contributed by atoms with Gasteiger partial charge in [-0.2, -0.15) is 0 Å². The third kappa shape index (κ3) is 2.49. The quantitative estimate of drug-likeness (QED) is 0.865. The van der Waals surface area contributed by atoms with Gasteiger partial charge in [-0.3, -0.25) is 9.36 Å². The number of nitrogens with one attached hydrogen (secondary N) is 1. The highest BCUT2D eigenvalue weighted by molar-refractivity contribution is 5.94. The van der Waals surface area contributed by atoms with E-state index in [1.165, 1.54) is 0 Å². The zero-order valence-corrected chi connectivity index (χ0v) is 11.2. The van der Waals surface area contributed by atoms with Crippen LogP contribution in [0.2, 0.25) is 0 Å². The molecule has 2 heterocycles. The Kier molecular flexibility index (Phi) is 3.39. The van der Waals surface area contributed by atoms with Crippen LogP contribution in [0.4, 0.5) is 0 Å². The molecule has 0 saturated heterocycles. The number of aryl methyl sites for hydroxylation is 1. The molecule has 0 radical (unpaired) electrons. The number of amides is 1. The van der Waals surface area contributed by atoms with E-state index in [1.54, 1.807) is 28.8 Å². The van der Waals surface area contributed by atoms with Crippen molar-refractivity contribution in [1.82, 2.24) is 20.1 Å². The number of carboxylic acid groups (broad SMARTS) is 1. The van der Waals surface area contributed by atoms with Gasteiger partial charge < -0.3 is 10.4 Å². The molecule has 1 amide bonds. The number of aromatic nitrogens is 3. The molecule has 2 aromatic rings. The summed E-state index contributed by atoms with van der Waals surface area (Å²) in [5.74, 6) is 0.00699. The van der Waals surface area contributed by atoms with Crippen molar-refractivity contribution in [2.24, 2.45) is 0 Å². The smallest absolute Gasteiger partial charge is 0.326 e. The maximum Gasteiger partial charge on any atom is 0.326 e. The normalized spacial score (nSPS) is 16.5. The Balaban J connectivity index is 1.73. The molecule has 0 saturated carbocycles. The van der Waals surface area contributed by atoms with Gasteiger partial charge in [0.15, 0.2) is 5.82 Å². The van der Waals surface area contributed by atoms with Gasteiger partial charge in [0.1, 0.15) is 11.9 Å². The number of hydrogen-bond acceptors (Lipinski definition) is 4. The van der Waals surface area contributed by atoms with Gasteiger partial charge in [-0.15, -0.1) is 10.2 Å². The van der Waals surface area contributed by atoms with Crippen LogP contribution in [-0.4, -0.2) is 31.7 Å². The van der Waals surface area contributed by atoms with Crippen molar-refractivity contribution in [2.45, 2.75) is 25.4 Å². The van der Waals surface area contributed by atoms with Gasteiger partial charge in [-0.05, 0) is 18.6 Å². The van der Waals surface area contributed by atoms with E-state index in [2.05, 4.69) is 15.5 Å². The van der Waals surface area contributed by atoms with E-state index in [-0.39, 0.29) is 12.5 Å². The first-order valence-corrected chi connectivity index (χ1v) is 6.65. The fourth-order valence-electron chi connectivity index (χ4n) is 2.49. The van der Waals surface area contributed by atoms with Gasteiger partial charge in [0.05, 0.1) is 6.54 Å². The number of hydrogen-bond donors (Lipinski definition) is 2. The maximum absolute atomic E-state index is 12.0. The predicted octanol–water partition coefficient (Wildman–Crippen LogP) is 0.780. The fraction of sp³-hybridized carbons (Fsp3) is 0.286. The lowest BCUT2D eigenvalue weighted by molar-refractivity contribution is -0.140. The van der Waals surface area contributed by atoms with E-state index in [0.29, 0.717) is 30.1 Å². The van der Waals surface area contributed by atoms with Gasteiger partial charge in [0, 0.05) is 12.0 Å². The van der Waals surface area contributed by atoms with Crippen molar-refractivity contribution in [3.63, 3.8) is 0 Å². The minimum absolute atomic E-state index is 0.157. The maximum atomic E-state index is 12.0. The lowest BCUT2D eigenvalue weighted by Crippen LogP contribution is -2.26. The van der Waals surface area contributed by atoms with Crippen LogP contribution in [0, 0.1) is 0 Å². The highest BCUT2D eigenvalue weighted by Crippen LogP contribution is 2.26. The number of carbonyl (C=O) groups is 2. The standard InChI is InChI=1S/C14H14N4O3/c19-13(9-4-2-1-3-5-9)15-8-12-17-16-11-7-6-10(14(20)21)18(11)12/h1-5,10H,6-8H2,(H,15,19)(H,20,21). The molecule has 1 atom stereocenters. The van der Waals surface area contributed by atoms with Crippen molar-refractivity contribution in [3.8, 4) is 0 Å². The van der Waals surface area contributed by atoms with Crippen molar-refractivity contribution in [1.29, 1.82) is 0 Å². The average Bonchev–Trinajstić information content (AvgIpc) is 3.07. The minimum Gasteiger partial charge on any atom is -0.480 e. The van der Waals surface area contributed by atoms with E-state index in [0.717, 1.165) is 0 Å². The van der Waals surface area contributed by atoms with E-state index >= 15 is 0 Å². The summed E-state index contributed by atoms with van der Waals surface area (Å²) in [6.07, 6.45) is 1.11. The molecule has 1 aromatic carbocycles. The number of carboxylic acids is 1. The van der Waals surface area contributed by atoms with Crippen molar-refractivity contribution < 1.29 is 14.7 Å². The molecule has 108 valence electrons. The number of nitrogens with zero attached hydrogens (tertiary/aromatic N) is 3. The van der Waals surface area contributed by atoms with Crippen LogP contribution in [0.15, 0.2) is 30.3 Å². The lowest BCUT2D eigenvalue weighted by atomic mass is 10.2. The summed E-state index contributed by atoms with van der Waals surface area (Å²) < 4.78 is 1.60. The molecule has 0 fully saturated rings. The van der Waals surface area contributed by atoms with Crippen molar-refractivity contribution in [2.75, 3.05) is 0 Å². The number of rotatable bonds is 4. The van der Waals surface area contributed by atoms with Crippen molar-refractivity contribution in [3.05, 3.63) is 47.5 Å². The summed E-state index contributed by atoms with van der Waals surface area (Å²) in [7, 11) is 0. The fourth-order valence-corrected chi connectivity index (χ4v) is 2.49. The van der Waals surface area contributed by atoms with Crippen LogP contribution >= 0.6 is 0 Å². The second kappa shape index (κ2) is 5.35. The first kappa shape index (κ1) is 13.3. The van der Waals surface area contributed by atoms with E-state index in [1.807, 2.05) is 6.07 Å². The van der Waals surface area contributed by atoms with Gasteiger partial charge in [-0.25, -0.2) is 4.79 Å². The number of carbonyl (C=O) groups excluding carboxylic acids is 1. The Morgan fingerprint density at radius 3 is 2.76 bits per heavy atom. The molecule has 7 nitrogen and oxygen atoms in total. The molecule has 1 unspecified atom stereocenters. The highest BCUT2D eigenvalue weighted by atomic mass is 16.4. The van der Waals surface area contributed by atoms with Crippen LogP contribution in [0.5, 0.6) is 0 Å². The first-order valence-electron chi connectivity index (χ1n) is 6.65. The van der Waals surface area contributed by atoms with Gasteiger partial charge in [-0.1, -0.05) is 18.2 Å². The molecule has 0 spiro atoms. The second-order valence-corrected chi connectivity index (χ2v) is 4.84. The van der Waals surface area contributed by atoms with Crippen LogP contribution in [-0.2, 0) is 17.8 Å². The molecular weight excluding hydrogens is 272 g/mol. The molecular formula is C14H14N4O3. The Labute approximate surface area is 120 Å². The van der Waals surface area contributed by atoms with Gasteiger partial charge >= 0.3 is 5.97 Å². The van der Waals surface area contributed by atoms with Gasteiger partial charge in [0.2, 0.25) is 0 Å². The molecule has 0 bridgehead atoms. The predicted molar refractivity (Wildman–Crippen MR) is 72.6 cm³/mol. The zero-order valence-electron chi connectivity index (χ0n) is 11.2. The molecule has 21 heavy (non-hydrogen) atoms. The summed E-state index contributed by atoms with van der Waals surface area (Å²) in [5.41, 5.74) is 0.549. The molecule has 7 heteroatoms. The third-order valence-corrected chi connectivity index (χ3v) is 3.52. The van der Waals surface area contributed by atoms with Crippen LogP contribution in [0.1, 0.15) is 34.5 Å². The van der Waals surface area contributed by atoms with Crippen LogP contribution in [0.25, 0.3) is 0 Å². The van der Waals surface area contributed by atoms with E-state index in [9.17, 15) is 14.7 Å². The first-order chi connectivity index (χ1) is 10.2. The van der Waals surface area contributed by atoms with E-state index < -0.39 is 12.0 Å². The number of benzene rings is 1. The summed E-state index contributed by atoms with van der Waals surface area (Å²) in [6.45, 7) is 0.157. The monoisotopic (exact) mass is 286 g/mol.